The standard InChI is InChI=1S/C13H27N/c1-4-11-5-7-12(8-6-11)9-10-13(2,3)14/h11-12H,4-10,14H2,1-3H3. The van der Waals surface area contributed by atoms with Gasteiger partial charge in [-0.2, -0.15) is 0 Å². The second kappa shape index (κ2) is 5.16. The van der Waals surface area contributed by atoms with Gasteiger partial charge in [0, 0.05) is 5.54 Å². The molecule has 0 unspecified atom stereocenters. The van der Waals surface area contributed by atoms with Crippen LogP contribution in [0.3, 0.4) is 0 Å². The molecular weight excluding hydrogens is 170 g/mol. The van der Waals surface area contributed by atoms with Crippen LogP contribution >= 0.6 is 0 Å². The molecular formula is C13H27N. The summed E-state index contributed by atoms with van der Waals surface area (Å²) < 4.78 is 0. The summed E-state index contributed by atoms with van der Waals surface area (Å²) in [5, 5.41) is 0. The van der Waals surface area contributed by atoms with Gasteiger partial charge in [0.2, 0.25) is 0 Å². The summed E-state index contributed by atoms with van der Waals surface area (Å²) in [7, 11) is 0. The van der Waals surface area contributed by atoms with E-state index in [1.807, 2.05) is 0 Å². The fourth-order valence-corrected chi connectivity index (χ4v) is 2.50. The Morgan fingerprint density at radius 2 is 1.57 bits per heavy atom. The smallest absolute Gasteiger partial charge is 0.00971 e. The topological polar surface area (TPSA) is 26.0 Å². The molecule has 1 fully saturated rings. The third-order valence-corrected chi connectivity index (χ3v) is 3.74. The lowest BCUT2D eigenvalue weighted by Crippen LogP contribution is -2.32. The average molecular weight is 197 g/mol. The monoisotopic (exact) mass is 197 g/mol. The Kier molecular flexibility index (Phi) is 4.43. The zero-order valence-corrected chi connectivity index (χ0v) is 10.2. The lowest BCUT2D eigenvalue weighted by atomic mass is 9.78. The van der Waals surface area contributed by atoms with Gasteiger partial charge in [-0.3, -0.25) is 0 Å². The first-order valence-electron chi connectivity index (χ1n) is 6.30. The average Bonchev–Trinajstić information content (AvgIpc) is 2.14. The van der Waals surface area contributed by atoms with Crippen LogP contribution in [0.1, 0.15) is 65.7 Å². The molecule has 1 aliphatic rings. The van der Waals surface area contributed by atoms with Crippen LogP contribution < -0.4 is 5.73 Å². The second-order valence-corrected chi connectivity index (χ2v) is 5.82. The first-order chi connectivity index (χ1) is 6.51. The molecule has 0 aliphatic heterocycles. The van der Waals surface area contributed by atoms with E-state index in [0.717, 1.165) is 11.8 Å². The Bertz CT molecular complexity index is 149. The van der Waals surface area contributed by atoms with Crippen LogP contribution in [0.5, 0.6) is 0 Å². The molecule has 1 aliphatic carbocycles. The van der Waals surface area contributed by atoms with Crippen LogP contribution in [0.2, 0.25) is 0 Å². The van der Waals surface area contributed by atoms with Gasteiger partial charge in [-0.15, -0.1) is 0 Å². The van der Waals surface area contributed by atoms with E-state index in [1.165, 1.54) is 44.9 Å². The zero-order chi connectivity index (χ0) is 10.6. The molecule has 2 N–H and O–H groups in total. The van der Waals surface area contributed by atoms with Crippen molar-refractivity contribution < 1.29 is 0 Å². The quantitative estimate of drug-likeness (QED) is 0.730. The molecule has 0 aromatic rings. The highest BCUT2D eigenvalue weighted by Gasteiger charge is 2.21. The highest BCUT2D eigenvalue weighted by Crippen LogP contribution is 2.33. The molecule has 0 spiro atoms. The van der Waals surface area contributed by atoms with Crippen LogP contribution in [-0.2, 0) is 0 Å². The molecule has 0 saturated heterocycles. The van der Waals surface area contributed by atoms with Crippen molar-refractivity contribution in [3.05, 3.63) is 0 Å². The van der Waals surface area contributed by atoms with Crippen molar-refractivity contribution in [1.82, 2.24) is 0 Å². The summed E-state index contributed by atoms with van der Waals surface area (Å²) in [6.07, 6.45) is 9.75. The van der Waals surface area contributed by atoms with Crippen LogP contribution in [0.4, 0.5) is 0 Å². The third kappa shape index (κ3) is 4.45. The van der Waals surface area contributed by atoms with Gasteiger partial charge >= 0.3 is 0 Å². The number of hydrogen-bond donors (Lipinski definition) is 1. The molecule has 14 heavy (non-hydrogen) atoms. The fourth-order valence-electron chi connectivity index (χ4n) is 2.50. The number of hydrogen-bond acceptors (Lipinski definition) is 1. The minimum Gasteiger partial charge on any atom is -0.326 e. The maximum Gasteiger partial charge on any atom is 0.00971 e. The van der Waals surface area contributed by atoms with E-state index < -0.39 is 0 Å². The molecule has 0 heterocycles. The Labute approximate surface area is 89.5 Å². The molecule has 0 atom stereocenters. The summed E-state index contributed by atoms with van der Waals surface area (Å²) >= 11 is 0. The van der Waals surface area contributed by atoms with Crippen LogP contribution in [0, 0.1) is 11.8 Å². The van der Waals surface area contributed by atoms with E-state index >= 15 is 0 Å². The van der Waals surface area contributed by atoms with Gasteiger partial charge in [0.05, 0.1) is 0 Å². The molecule has 1 heteroatoms. The molecule has 0 radical (unpaired) electrons. The molecule has 1 saturated carbocycles. The molecule has 0 bridgehead atoms. The summed E-state index contributed by atoms with van der Waals surface area (Å²) in [6, 6.07) is 0. The number of nitrogens with two attached hydrogens (primary N) is 1. The van der Waals surface area contributed by atoms with Gasteiger partial charge in [-0.05, 0) is 38.5 Å². The highest BCUT2D eigenvalue weighted by molar-refractivity contribution is 4.77. The summed E-state index contributed by atoms with van der Waals surface area (Å²) in [5.74, 6) is 2.00. The van der Waals surface area contributed by atoms with E-state index in [1.54, 1.807) is 0 Å². The van der Waals surface area contributed by atoms with E-state index in [-0.39, 0.29) is 5.54 Å². The van der Waals surface area contributed by atoms with Crippen molar-refractivity contribution in [2.45, 2.75) is 71.3 Å². The summed E-state index contributed by atoms with van der Waals surface area (Å²) in [6.45, 7) is 6.61. The first kappa shape index (κ1) is 12.0. The Morgan fingerprint density at radius 1 is 1.07 bits per heavy atom. The SMILES string of the molecule is CCC1CCC(CCC(C)(C)N)CC1. The van der Waals surface area contributed by atoms with Crippen LogP contribution in [-0.4, -0.2) is 5.54 Å². The maximum atomic E-state index is 6.01. The predicted octanol–water partition coefficient (Wildman–Crippen LogP) is 3.72. The highest BCUT2D eigenvalue weighted by atomic mass is 14.7. The molecule has 0 aromatic carbocycles. The van der Waals surface area contributed by atoms with Gasteiger partial charge in [-0.1, -0.05) is 39.0 Å². The lowest BCUT2D eigenvalue weighted by molar-refractivity contribution is 0.243. The zero-order valence-electron chi connectivity index (χ0n) is 10.2. The summed E-state index contributed by atoms with van der Waals surface area (Å²) in [4.78, 5) is 0. The van der Waals surface area contributed by atoms with Crippen LogP contribution in [0.15, 0.2) is 0 Å². The Morgan fingerprint density at radius 3 is 2.00 bits per heavy atom. The molecule has 0 amide bonds. The van der Waals surface area contributed by atoms with Crippen molar-refractivity contribution >= 4 is 0 Å². The van der Waals surface area contributed by atoms with Gasteiger partial charge < -0.3 is 5.73 Å². The Hall–Kier alpha value is -0.0400. The van der Waals surface area contributed by atoms with Gasteiger partial charge in [0.1, 0.15) is 0 Å². The van der Waals surface area contributed by atoms with Gasteiger partial charge in [0.25, 0.3) is 0 Å². The van der Waals surface area contributed by atoms with E-state index in [2.05, 4.69) is 20.8 Å². The van der Waals surface area contributed by atoms with E-state index in [9.17, 15) is 0 Å². The Balaban J connectivity index is 2.16. The molecule has 0 aromatic heterocycles. The maximum absolute atomic E-state index is 6.01. The normalized spacial score (nSPS) is 29.1. The van der Waals surface area contributed by atoms with Crippen molar-refractivity contribution in [1.29, 1.82) is 0 Å². The van der Waals surface area contributed by atoms with Crippen molar-refractivity contribution in [3.63, 3.8) is 0 Å². The molecule has 1 rings (SSSR count). The molecule has 1 nitrogen and oxygen atoms in total. The minimum atomic E-state index is 0.0433. The van der Waals surface area contributed by atoms with Crippen molar-refractivity contribution in [2.24, 2.45) is 17.6 Å². The van der Waals surface area contributed by atoms with Gasteiger partial charge in [0.15, 0.2) is 0 Å². The first-order valence-corrected chi connectivity index (χ1v) is 6.30. The van der Waals surface area contributed by atoms with Crippen molar-refractivity contribution in [3.8, 4) is 0 Å². The second-order valence-electron chi connectivity index (χ2n) is 5.82. The fraction of sp³-hybridized carbons (Fsp3) is 1.00. The van der Waals surface area contributed by atoms with Crippen molar-refractivity contribution in [2.75, 3.05) is 0 Å². The lowest BCUT2D eigenvalue weighted by Gasteiger charge is -2.29. The van der Waals surface area contributed by atoms with Gasteiger partial charge in [-0.25, -0.2) is 0 Å². The molecule has 84 valence electrons. The summed E-state index contributed by atoms with van der Waals surface area (Å²) in [5.41, 5.74) is 6.05. The third-order valence-electron chi connectivity index (χ3n) is 3.74. The number of rotatable bonds is 4. The van der Waals surface area contributed by atoms with Crippen LogP contribution in [0.25, 0.3) is 0 Å². The largest absolute Gasteiger partial charge is 0.326 e. The van der Waals surface area contributed by atoms with E-state index in [4.69, 9.17) is 5.73 Å². The van der Waals surface area contributed by atoms with E-state index in [0.29, 0.717) is 0 Å². The minimum absolute atomic E-state index is 0.0433. The predicted molar refractivity (Wildman–Crippen MR) is 63.2 cm³/mol.